The minimum atomic E-state index is -0.518. The fraction of sp³-hybridized carbons (Fsp3) is 0.320. The van der Waals surface area contributed by atoms with Gasteiger partial charge in [-0.05, 0) is 42.0 Å². The van der Waals surface area contributed by atoms with Crippen LogP contribution in [0.4, 0.5) is 17.8 Å². The molecule has 0 spiro atoms. The molecule has 0 saturated carbocycles. The minimum Gasteiger partial charge on any atom is -0.423 e. The van der Waals surface area contributed by atoms with Gasteiger partial charge < -0.3 is 24.0 Å². The molecule has 2 aliphatic rings. The summed E-state index contributed by atoms with van der Waals surface area (Å²) in [5.74, 6) is 1.40. The third-order valence-corrected chi connectivity index (χ3v) is 6.09. The number of hydrogen-bond donors (Lipinski definition) is 1. The van der Waals surface area contributed by atoms with Crippen molar-refractivity contribution >= 4 is 41.6 Å². The van der Waals surface area contributed by atoms with Crippen LogP contribution in [-0.4, -0.2) is 79.7 Å². The number of esters is 1. The number of hydrogen-bond acceptors (Lipinski definition) is 11. The lowest BCUT2D eigenvalue weighted by atomic mass is 10.2. The number of halogens is 1. The molecule has 0 bridgehead atoms. The quantitative estimate of drug-likeness (QED) is 0.214. The molecular formula is C25H26ClN7O4. The Morgan fingerprint density at radius 3 is 2.08 bits per heavy atom. The zero-order chi connectivity index (χ0) is 25.5. The Balaban J connectivity index is 1.25. The molecule has 2 saturated heterocycles. The summed E-state index contributed by atoms with van der Waals surface area (Å²) in [6.45, 7) is 5.36. The van der Waals surface area contributed by atoms with Crippen LogP contribution in [-0.2, 0) is 9.47 Å². The first-order chi connectivity index (χ1) is 18.2. The highest BCUT2D eigenvalue weighted by atomic mass is 35.5. The molecule has 11 nitrogen and oxygen atoms in total. The topological polar surface area (TPSA) is 114 Å². The molecule has 1 N–H and O–H groups in total. The van der Waals surface area contributed by atoms with Crippen molar-refractivity contribution in [1.29, 1.82) is 0 Å². The van der Waals surface area contributed by atoms with Crippen LogP contribution in [0.5, 0.6) is 5.75 Å². The summed E-state index contributed by atoms with van der Waals surface area (Å²) < 4.78 is 16.3. The van der Waals surface area contributed by atoms with Crippen molar-refractivity contribution in [2.75, 3.05) is 67.8 Å². The Morgan fingerprint density at radius 1 is 0.892 bits per heavy atom. The smallest absolute Gasteiger partial charge is 0.345 e. The SMILES string of the molecule is O=C(Oc1ccc(/C=N/Nc2nc(N3CCOCC3)nc(N3CCOCC3)n2)cc1)c1ccccc1Cl. The molecule has 2 aromatic carbocycles. The summed E-state index contributed by atoms with van der Waals surface area (Å²) in [7, 11) is 0. The van der Waals surface area contributed by atoms with Gasteiger partial charge in [0.05, 0.1) is 43.2 Å². The number of ether oxygens (including phenoxy) is 3. The van der Waals surface area contributed by atoms with Gasteiger partial charge in [-0.3, -0.25) is 0 Å². The van der Waals surface area contributed by atoms with Crippen molar-refractivity contribution in [2.24, 2.45) is 5.10 Å². The molecule has 0 radical (unpaired) electrons. The highest BCUT2D eigenvalue weighted by molar-refractivity contribution is 6.33. The molecular weight excluding hydrogens is 498 g/mol. The zero-order valence-corrected chi connectivity index (χ0v) is 20.8. The van der Waals surface area contributed by atoms with Crippen molar-refractivity contribution < 1.29 is 19.0 Å². The van der Waals surface area contributed by atoms with Gasteiger partial charge in [-0.25, -0.2) is 10.2 Å². The molecule has 0 amide bonds. The van der Waals surface area contributed by atoms with Gasteiger partial charge in [-0.1, -0.05) is 23.7 Å². The van der Waals surface area contributed by atoms with Crippen molar-refractivity contribution in [3.63, 3.8) is 0 Å². The van der Waals surface area contributed by atoms with Crippen molar-refractivity contribution in [3.8, 4) is 5.75 Å². The molecule has 3 aromatic rings. The molecule has 1 aromatic heterocycles. The summed E-state index contributed by atoms with van der Waals surface area (Å²) in [6.07, 6.45) is 1.63. The van der Waals surface area contributed by atoms with Crippen molar-refractivity contribution in [3.05, 3.63) is 64.7 Å². The number of aromatic nitrogens is 3. The van der Waals surface area contributed by atoms with E-state index < -0.39 is 5.97 Å². The van der Waals surface area contributed by atoms with Crippen LogP contribution in [0.15, 0.2) is 53.6 Å². The number of nitrogens with one attached hydrogen (secondary N) is 1. The van der Waals surface area contributed by atoms with Crippen molar-refractivity contribution in [1.82, 2.24) is 15.0 Å². The first-order valence-electron chi connectivity index (χ1n) is 11.9. The minimum absolute atomic E-state index is 0.309. The van der Waals surface area contributed by atoms with Crippen LogP contribution in [0.1, 0.15) is 15.9 Å². The molecule has 0 atom stereocenters. The number of morpholine rings is 2. The van der Waals surface area contributed by atoms with Crippen LogP contribution >= 0.6 is 11.6 Å². The van der Waals surface area contributed by atoms with Crippen LogP contribution in [0.25, 0.3) is 0 Å². The van der Waals surface area contributed by atoms with E-state index in [0.29, 0.717) is 86.8 Å². The average molecular weight is 524 g/mol. The number of benzene rings is 2. The fourth-order valence-electron chi connectivity index (χ4n) is 3.79. The van der Waals surface area contributed by atoms with Gasteiger partial charge in [-0.15, -0.1) is 0 Å². The Hall–Kier alpha value is -3.80. The highest BCUT2D eigenvalue weighted by Crippen LogP contribution is 2.20. The van der Waals surface area contributed by atoms with E-state index in [0.717, 1.165) is 5.56 Å². The lowest BCUT2D eigenvalue weighted by molar-refractivity contribution is 0.0735. The average Bonchev–Trinajstić information content (AvgIpc) is 2.95. The summed E-state index contributed by atoms with van der Waals surface area (Å²) in [6, 6.07) is 13.7. The van der Waals surface area contributed by atoms with E-state index in [9.17, 15) is 4.79 Å². The van der Waals surface area contributed by atoms with Crippen molar-refractivity contribution in [2.45, 2.75) is 0 Å². The number of carbonyl (C=O) groups is 1. The van der Waals surface area contributed by atoms with Gasteiger partial charge in [0.25, 0.3) is 0 Å². The van der Waals surface area contributed by atoms with E-state index in [-0.39, 0.29) is 0 Å². The predicted molar refractivity (Wildman–Crippen MR) is 140 cm³/mol. The van der Waals surface area contributed by atoms with Crippen LogP contribution in [0, 0.1) is 0 Å². The normalized spacial score (nSPS) is 16.1. The maximum atomic E-state index is 12.3. The first-order valence-corrected chi connectivity index (χ1v) is 12.3. The van der Waals surface area contributed by atoms with E-state index in [1.807, 2.05) is 0 Å². The number of nitrogens with zero attached hydrogens (tertiary/aromatic N) is 6. The maximum Gasteiger partial charge on any atom is 0.345 e. The van der Waals surface area contributed by atoms with Crippen LogP contribution in [0.3, 0.4) is 0 Å². The Kier molecular flexibility index (Phi) is 8.04. The zero-order valence-electron chi connectivity index (χ0n) is 20.0. The maximum absolute atomic E-state index is 12.3. The molecule has 5 rings (SSSR count). The second-order valence-electron chi connectivity index (χ2n) is 8.27. The Morgan fingerprint density at radius 2 is 1.49 bits per heavy atom. The van der Waals surface area contributed by atoms with Gasteiger partial charge in [0.1, 0.15) is 5.75 Å². The highest BCUT2D eigenvalue weighted by Gasteiger charge is 2.20. The van der Waals surface area contributed by atoms with Gasteiger partial charge >= 0.3 is 5.97 Å². The summed E-state index contributed by atoms with van der Waals surface area (Å²) in [4.78, 5) is 30.3. The summed E-state index contributed by atoms with van der Waals surface area (Å²) >= 11 is 6.07. The van der Waals surface area contributed by atoms with E-state index in [2.05, 4.69) is 35.3 Å². The lowest BCUT2D eigenvalue weighted by Crippen LogP contribution is -2.40. The van der Waals surface area contributed by atoms with Crippen LogP contribution < -0.4 is 20.0 Å². The second-order valence-corrected chi connectivity index (χ2v) is 8.67. The molecule has 2 aliphatic heterocycles. The molecule has 37 heavy (non-hydrogen) atoms. The van der Waals surface area contributed by atoms with E-state index in [1.165, 1.54) is 0 Å². The molecule has 2 fully saturated rings. The Labute approximate surface area is 219 Å². The predicted octanol–water partition coefficient (Wildman–Crippen LogP) is 2.86. The van der Waals surface area contributed by atoms with E-state index >= 15 is 0 Å². The lowest BCUT2D eigenvalue weighted by Gasteiger charge is -2.30. The molecule has 3 heterocycles. The monoisotopic (exact) mass is 523 g/mol. The largest absolute Gasteiger partial charge is 0.423 e. The van der Waals surface area contributed by atoms with Gasteiger partial charge in [0, 0.05) is 26.2 Å². The molecule has 12 heteroatoms. The summed E-state index contributed by atoms with van der Waals surface area (Å²) in [5.41, 5.74) is 4.02. The third kappa shape index (κ3) is 6.50. The fourth-order valence-corrected chi connectivity index (χ4v) is 4.00. The number of anilines is 3. The second kappa shape index (κ2) is 12.0. The van der Waals surface area contributed by atoms with E-state index in [4.69, 9.17) is 25.8 Å². The van der Waals surface area contributed by atoms with Gasteiger partial charge in [0.15, 0.2) is 0 Å². The Bertz CT molecular complexity index is 1210. The van der Waals surface area contributed by atoms with Gasteiger partial charge in [0.2, 0.25) is 17.8 Å². The van der Waals surface area contributed by atoms with E-state index in [1.54, 1.807) is 54.7 Å². The number of hydrazone groups is 1. The number of rotatable bonds is 7. The number of carbonyl (C=O) groups excluding carboxylic acids is 1. The summed E-state index contributed by atoms with van der Waals surface area (Å²) in [5, 5.41) is 4.64. The standard InChI is InChI=1S/C25H26ClN7O4/c26-21-4-2-1-3-20(21)22(34)37-19-7-5-18(6-8-19)17-27-31-23-28-24(32-9-13-35-14-10-32)30-25(29-23)33-11-15-36-16-12-33/h1-8,17H,9-16H2,(H,28,29,30,31)/b27-17+. The first kappa shape index (κ1) is 24.9. The molecule has 0 aliphatic carbocycles. The third-order valence-electron chi connectivity index (χ3n) is 5.76. The van der Waals surface area contributed by atoms with Gasteiger partial charge in [-0.2, -0.15) is 20.1 Å². The van der Waals surface area contributed by atoms with Crippen LogP contribution in [0.2, 0.25) is 5.02 Å². The molecule has 192 valence electrons. The molecule has 0 unspecified atom stereocenters.